The molecule has 0 aliphatic heterocycles. The highest BCUT2D eigenvalue weighted by Gasteiger charge is 2.35. The average Bonchev–Trinajstić information content (AvgIpc) is 2.65. The van der Waals surface area contributed by atoms with Crippen LogP contribution in [0.5, 0.6) is 11.5 Å². The van der Waals surface area contributed by atoms with E-state index in [0.29, 0.717) is 11.8 Å². The molecule has 1 N–H and O–H groups in total. The second kappa shape index (κ2) is 8.64. The second-order valence-corrected chi connectivity index (χ2v) is 7.81. The Morgan fingerprint density at radius 3 is 2.31 bits per heavy atom. The van der Waals surface area contributed by atoms with Gasteiger partial charge in [-0.1, -0.05) is 0 Å². The first-order chi connectivity index (χ1) is 13.5. The predicted molar refractivity (Wildman–Crippen MR) is 94.5 cm³/mol. The van der Waals surface area contributed by atoms with Gasteiger partial charge < -0.3 is 14.6 Å². The number of benzene rings is 1. The Hall–Kier alpha value is -2.89. The van der Waals surface area contributed by atoms with E-state index in [2.05, 4.69) is 9.97 Å². The summed E-state index contributed by atoms with van der Waals surface area (Å²) in [6.45, 7) is 0. The number of aromatic nitrogens is 2. The topological polar surface area (TPSA) is 116 Å². The monoisotopic (exact) mass is 434 g/mol. The molecule has 0 aliphatic rings. The van der Waals surface area contributed by atoms with Gasteiger partial charge in [-0.3, -0.25) is 4.79 Å². The van der Waals surface area contributed by atoms with Gasteiger partial charge in [0.25, 0.3) is 0 Å². The molecule has 0 aliphatic carbocycles. The standard InChI is InChI=1S/C17H17F3N2O6S/c1-27-12-6-5-10(8-13(12)28-2)11-9-14(17(18,19)20)22-16(21-11)29(25,26)7-3-4-15(23)24/h5-6,8-9H,3-4,7H2,1-2H3,(H,23,24). The van der Waals surface area contributed by atoms with E-state index in [9.17, 15) is 26.4 Å². The van der Waals surface area contributed by atoms with Gasteiger partial charge >= 0.3 is 12.1 Å². The van der Waals surface area contributed by atoms with Crippen molar-refractivity contribution in [3.05, 3.63) is 30.0 Å². The van der Waals surface area contributed by atoms with Gasteiger partial charge in [-0.25, -0.2) is 18.4 Å². The van der Waals surface area contributed by atoms with E-state index < -0.39 is 45.0 Å². The summed E-state index contributed by atoms with van der Waals surface area (Å²) >= 11 is 0. The van der Waals surface area contributed by atoms with Gasteiger partial charge in [0, 0.05) is 12.0 Å². The number of carbonyl (C=O) groups is 1. The van der Waals surface area contributed by atoms with Crippen LogP contribution in [-0.2, 0) is 20.8 Å². The Morgan fingerprint density at radius 1 is 1.10 bits per heavy atom. The van der Waals surface area contributed by atoms with Gasteiger partial charge in [-0.2, -0.15) is 13.2 Å². The molecular formula is C17H17F3N2O6S. The molecular weight excluding hydrogens is 417 g/mol. The number of alkyl halides is 3. The van der Waals surface area contributed by atoms with Crippen molar-refractivity contribution in [2.75, 3.05) is 20.0 Å². The summed E-state index contributed by atoms with van der Waals surface area (Å²) in [5.41, 5.74) is -1.57. The summed E-state index contributed by atoms with van der Waals surface area (Å²) in [6, 6.07) is 4.80. The van der Waals surface area contributed by atoms with E-state index in [1.807, 2.05) is 0 Å². The lowest BCUT2D eigenvalue weighted by molar-refractivity contribution is -0.141. The van der Waals surface area contributed by atoms with Crippen molar-refractivity contribution in [3.8, 4) is 22.8 Å². The van der Waals surface area contributed by atoms with Gasteiger partial charge in [-0.05, 0) is 30.7 Å². The van der Waals surface area contributed by atoms with Gasteiger partial charge in [-0.15, -0.1) is 0 Å². The molecule has 0 unspecified atom stereocenters. The van der Waals surface area contributed by atoms with Crippen LogP contribution in [0.1, 0.15) is 18.5 Å². The highest BCUT2D eigenvalue weighted by Crippen LogP contribution is 2.35. The lowest BCUT2D eigenvalue weighted by atomic mass is 10.1. The SMILES string of the molecule is COc1ccc(-c2cc(C(F)(F)F)nc(S(=O)(=O)CCCC(=O)O)n2)cc1OC. The molecule has 0 saturated heterocycles. The first-order valence-corrected chi connectivity index (χ1v) is 9.76. The summed E-state index contributed by atoms with van der Waals surface area (Å²) in [4.78, 5) is 17.5. The number of ether oxygens (including phenoxy) is 2. The Bertz CT molecular complexity index is 1010. The number of halogens is 3. The Labute approximate surface area is 164 Å². The molecule has 1 aromatic heterocycles. The molecule has 2 rings (SSSR count). The van der Waals surface area contributed by atoms with E-state index in [4.69, 9.17) is 14.6 Å². The molecule has 0 atom stereocenters. The molecule has 0 amide bonds. The van der Waals surface area contributed by atoms with Gasteiger partial charge in [0.15, 0.2) is 11.5 Å². The van der Waals surface area contributed by atoms with E-state index in [0.717, 1.165) is 0 Å². The third-order valence-corrected chi connectivity index (χ3v) is 5.32. The van der Waals surface area contributed by atoms with Crippen LogP contribution in [0, 0.1) is 0 Å². The number of sulfone groups is 1. The summed E-state index contributed by atoms with van der Waals surface area (Å²) < 4.78 is 74.7. The fourth-order valence-corrected chi connectivity index (χ4v) is 3.54. The molecule has 0 radical (unpaired) electrons. The zero-order valence-corrected chi connectivity index (χ0v) is 16.2. The molecule has 158 valence electrons. The summed E-state index contributed by atoms with van der Waals surface area (Å²) in [6.07, 6.45) is -5.66. The number of carboxylic acids is 1. The van der Waals surface area contributed by atoms with Gasteiger partial charge in [0.1, 0.15) is 5.69 Å². The number of nitrogens with zero attached hydrogens (tertiary/aromatic N) is 2. The van der Waals surface area contributed by atoms with Crippen LogP contribution in [0.25, 0.3) is 11.3 Å². The first-order valence-electron chi connectivity index (χ1n) is 8.11. The van der Waals surface area contributed by atoms with E-state index >= 15 is 0 Å². The van der Waals surface area contributed by atoms with Crippen LogP contribution >= 0.6 is 0 Å². The number of carboxylic acid groups (broad SMARTS) is 1. The fraction of sp³-hybridized carbons (Fsp3) is 0.353. The highest BCUT2D eigenvalue weighted by atomic mass is 32.2. The maximum Gasteiger partial charge on any atom is 0.433 e. The number of hydrogen-bond donors (Lipinski definition) is 1. The minimum Gasteiger partial charge on any atom is -0.493 e. The zero-order valence-electron chi connectivity index (χ0n) is 15.4. The minimum absolute atomic E-state index is 0.150. The molecule has 0 fully saturated rings. The zero-order chi connectivity index (χ0) is 21.8. The molecule has 0 bridgehead atoms. The normalized spacial score (nSPS) is 11.9. The molecule has 29 heavy (non-hydrogen) atoms. The smallest absolute Gasteiger partial charge is 0.433 e. The third-order valence-electron chi connectivity index (χ3n) is 3.76. The van der Waals surface area contributed by atoms with Gasteiger partial charge in [0.05, 0.1) is 25.7 Å². The lowest BCUT2D eigenvalue weighted by Crippen LogP contribution is -2.17. The van der Waals surface area contributed by atoms with Crippen LogP contribution in [0.15, 0.2) is 29.4 Å². The van der Waals surface area contributed by atoms with Crippen LogP contribution in [0.4, 0.5) is 13.2 Å². The third kappa shape index (κ3) is 5.56. The van der Waals surface area contributed by atoms with Crippen molar-refractivity contribution in [2.45, 2.75) is 24.2 Å². The lowest BCUT2D eigenvalue weighted by Gasteiger charge is -2.13. The van der Waals surface area contributed by atoms with Crippen LogP contribution in [-0.4, -0.2) is 49.4 Å². The van der Waals surface area contributed by atoms with Crippen molar-refractivity contribution in [2.24, 2.45) is 0 Å². The van der Waals surface area contributed by atoms with Crippen LogP contribution < -0.4 is 9.47 Å². The molecule has 0 saturated carbocycles. The number of rotatable bonds is 8. The van der Waals surface area contributed by atoms with Crippen LogP contribution in [0.3, 0.4) is 0 Å². The molecule has 1 heterocycles. The average molecular weight is 434 g/mol. The van der Waals surface area contributed by atoms with Gasteiger partial charge in [0.2, 0.25) is 15.0 Å². The molecule has 2 aromatic rings. The summed E-state index contributed by atoms with van der Waals surface area (Å²) in [5, 5.41) is 7.59. The Balaban J connectivity index is 2.57. The predicted octanol–water partition coefficient (Wildman–Crippen LogP) is 2.82. The van der Waals surface area contributed by atoms with Crippen molar-refractivity contribution in [3.63, 3.8) is 0 Å². The van der Waals surface area contributed by atoms with Crippen molar-refractivity contribution in [1.82, 2.24) is 9.97 Å². The molecule has 0 spiro atoms. The second-order valence-electron chi connectivity index (χ2n) is 5.80. The maximum absolute atomic E-state index is 13.3. The highest BCUT2D eigenvalue weighted by molar-refractivity contribution is 7.91. The first kappa shape index (κ1) is 22.4. The van der Waals surface area contributed by atoms with E-state index in [1.165, 1.54) is 32.4 Å². The number of methoxy groups -OCH3 is 2. The largest absolute Gasteiger partial charge is 0.493 e. The maximum atomic E-state index is 13.3. The summed E-state index contributed by atoms with van der Waals surface area (Å²) in [7, 11) is -1.62. The van der Waals surface area contributed by atoms with Crippen molar-refractivity contribution in [1.29, 1.82) is 0 Å². The van der Waals surface area contributed by atoms with Crippen LogP contribution in [0.2, 0.25) is 0 Å². The van der Waals surface area contributed by atoms with Crippen molar-refractivity contribution < 1.29 is 41.0 Å². The Kier molecular flexibility index (Phi) is 6.67. The minimum atomic E-state index is -4.92. The van der Waals surface area contributed by atoms with E-state index in [-0.39, 0.29) is 23.4 Å². The Morgan fingerprint density at radius 2 is 1.76 bits per heavy atom. The number of hydrogen-bond acceptors (Lipinski definition) is 7. The number of aliphatic carboxylic acids is 1. The van der Waals surface area contributed by atoms with E-state index in [1.54, 1.807) is 0 Å². The molecule has 12 heteroatoms. The molecule has 1 aromatic carbocycles. The quantitative estimate of drug-likeness (QED) is 0.631. The molecule has 8 nitrogen and oxygen atoms in total. The summed E-state index contributed by atoms with van der Waals surface area (Å²) in [5.74, 6) is -1.39. The fourth-order valence-electron chi connectivity index (χ4n) is 2.36. The van der Waals surface area contributed by atoms with Crippen molar-refractivity contribution >= 4 is 15.8 Å².